The Kier molecular flexibility index (Phi) is 5.48. The van der Waals surface area contributed by atoms with E-state index in [2.05, 4.69) is 31.4 Å². The molecular formula is C18H19BrClN5O. The molecule has 26 heavy (non-hydrogen) atoms. The highest BCUT2D eigenvalue weighted by Crippen LogP contribution is 2.21. The SMILES string of the molecule is Cc1nn(Cc2cccc(Cl)c2)c(C)c1NC(=O)Cn1ncc(Br)c1C. The van der Waals surface area contributed by atoms with E-state index in [1.165, 1.54) is 0 Å². The molecule has 1 aromatic carbocycles. The fourth-order valence-electron chi connectivity index (χ4n) is 2.74. The summed E-state index contributed by atoms with van der Waals surface area (Å²) in [5.41, 5.74) is 4.37. The Balaban J connectivity index is 1.75. The standard InChI is InChI=1S/C18H19BrClN5O/c1-11-18(22-17(26)10-24-12(2)16(19)8-21-24)13(3)25(23-11)9-14-5-4-6-15(20)7-14/h4-8H,9-10H2,1-3H3,(H,22,26). The van der Waals surface area contributed by atoms with Gasteiger partial charge in [-0.15, -0.1) is 0 Å². The fourth-order valence-corrected chi connectivity index (χ4v) is 3.25. The zero-order valence-corrected chi connectivity index (χ0v) is 17.1. The average molecular weight is 437 g/mol. The van der Waals surface area contributed by atoms with Crippen molar-refractivity contribution in [1.29, 1.82) is 0 Å². The third-order valence-electron chi connectivity index (χ3n) is 4.20. The van der Waals surface area contributed by atoms with Gasteiger partial charge in [0.05, 0.1) is 40.0 Å². The summed E-state index contributed by atoms with van der Waals surface area (Å²) in [6.07, 6.45) is 1.68. The van der Waals surface area contributed by atoms with Gasteiger partial charge < -0.3 is 5.32 Å². The van der Waals surface area contributed by atoms with E-state index in [0.29, 0.717) is 11.6 Å². The van der Waals surface area contributed by atoms with Crippen LogP contribution >= 0.6 is 27.5 Å². The first-order valence-corrected chi connectivity index (χ1v) is 9.28. The molecule has 0 aliphatic rings. The van der Waals surface area contributed by atoms with Gasteiger partial charge in [-0.2, -0.15) is 10.2 Å². The molecule has 0 saturated heterocycles. The number of hydrogen-bond acceptors (Lipinski definition) is 3. The van der Waals surface area contributed by atoms with E-state index >= 15 is 0 Å². The van der Waals surface area contributed by atoms with Gasteiger partial charge in [0.15, 0.2) is 0 Å². The Morgan fingerprint density at radius 1 is 1.23 bits per heavy atom. The van der Waals surface area contributed by atoms with Crippen LogP contribution in [-0.4, -0.2) is 25.5 Å². The Morgan fingerprint density at radius 3 is 2.65 bits per heavy atom. The topological polar surface area (TPSA) is 64.7 Å². The van der Waals surface area contributed by atoms with Crippen LogP contribution in [0.4, 0.5) is 5.69 Å². The van der Waals surface area contributed by atoms with Gasteiger partial charge in [0.25, 0.3) is 0 Å². The number of nitrogens with one attached hydrogen (secondary N) is 1. The Hall–Kier alpha value is -2.12. The van der Waals surface area contributed by atoms with Gasteiger partial charge in [-0.05, 0) is 54.4 Å². The van der Waals surface area contributed by atoms with Crippen LogP contribution in [0.25, 0.3) is 0 Å². The Morgan fingerprint density at radius 2 is 2.00 bits per heavy atom. The van der Waals surface area contributed by atoms with Crippen molar-refractivity contribution in [2.24, 2.45) is 0 Å². The zero-order valence-electron chi connectivity index (χ0n) is 14.8. The molecule has 0 radical (unpaired) electrons. The molecule has 1 amide bonds. The van der Waals surface area contributed by atoms with Gasteiger partial charge in [0.2, 0.25) is 5.91 Å². The van der Waals surface area contributed by atoms with Crippen molar-refractivity contribution >= 4 is 39.1 Å². The lowest BCUT2D eigenvalue weighted by molar-refractivity contribution is -0.116. The fraction of sp³-hybridized carbons (Fsp3) is 0.278. The summed E-state index contributed by atoms with van der Waals surface area (Å²) < 4.78 is 4.40. The molecule has 2 heterocycles. The molecule has 0 bridgehead atoms. The molecule has 0 spiro atoms. The highest BCUT2D eigenvalue weighted by molar-refractivity contribution is 9.10. The minimum atomic E-state index is -0.141. The smallest absolute Gasteiger partial charge is 0.246 e. The summed E-state index contributed by atoms with van der Waals surface area (Å²) in [5, 5.41) is 12.4. The van der Waals surface area contributed by atoms with E-state index in [0.717, 1.165) is 32.8 Å². The van der Waals surface area contributed by atoms with Crippen LogP contribution in [0.5, 0.6) is 0 Å². The lowest BCUT2D eigenvalue weighted by atomic mass is 10.2. The largest absolute Gasteiger partial charge is 0.321 e. The van der Waals surface area contributed by atoms with Crippen LogP contribution in [0, 0.1) is 20.8 Å². The normalized spacial score (nSPS) is 11.0. The zero-order chi connectivity index (χ0) is 18.8. The second-order valence-corrected chi connectivity index (χ2v) is 7.41. The van der Waals surface area contributed by atoms with E-state index in [-0.39, 0.29) is 12.5 Å². The van der Waals surface area contributed by atoms with Crippen molar-refractivity contribution in [3.8, 4) is 0 Å². The number of aryl methyl sites for hydroxylation is 1. The van der Waals surface area contributed by atoms with Gasteiger partial charge in [-0.3, -0.25) is 14.2 Å². The molecule has 136 valence electrons. The van der Waals surface area contributed by atoms with Crippen LogP contribution in [0.1, 0.15) is 22.6 Å². The lowest BCUT2D eigenvalue weighted by Gasteiger charge is -2.08. The predicted octanol–water partition coefficient (Wildman–Crippen LogP) is 4.11. The summed E-state index contributed by atoms with van der Waals surface area (Å²) >= 11 is 9.45. The molecule has 0 atom stereocenters. The number of aromatic nitrogens is 4. The van der Waals surface area contributed by atoms with Crippen molar-refractivity contribution in [3.63, 3.8) is 0 Å². The van der Waals surface area contributed by atoms with Crippen LogP contribution in [0.15, 0.2) is 34.9 Å². The molecule has 8 heteroatoms. The molecule has 0 unspecified atom stereocenters. The Labute approximate surface area is 165 Å². The minimum absolute atomic E-state index is 0.141. The molecular weight excluding hydrogens is 418 g/mol. The van der Waals surface area contributed by atoms with E-state index in [9.17, 15) is 4.79 Å². The first-order valence-electron chi connectivity index (χ1n) is 8.11. The van der Waals surface area contributed by atoms with Crippen molar-refractivity contribution in [1.82, 2.24) is 19.6 Å². The summed E-state index contributed by atoms with van der Waals surface area (Å²) in [5.74, 6) is -0.141. The third-order valence-corrected chi connectivity index (χ3v) is 5.22. The van der Waals surface area contributed by atoms with E-state index in [1.807, 2.05) is 49.7 Å². The van der Waals surface area contributed by atoms with Crippen molar-refractivity contribution in [2.45, 2.75) is 33.9 Å². The highest BCUT2D eigenvalue weighted by Gasteiger charge is 2.16. The molecule has 0 aliphatic heterocycles. The summed E-state index contributed by atoms with van der Waals surface area (Å²) in [6, 6.07) is 7.66. The maximum absolute atomic E-state index is 12.4. The average Bonchev–Trinajstić information content (AvgIpc) is 3.03. The number of benzene rings is 1. The summed E-state index contributed by atoms with van der Waals surface area (Å²) in [7, 11) is 0. The third kappa shape index (κ3) is 3.99. The molecule has 3 rings (SSSR count). The number of halogens is 2. The maximum atomic E-state index is 12.4. The minimum Gasteiger partial charge on any atom is -0.321 e. The van der Waals surface area contributed by atoms with E-state index < -0.39 is 0 Å². The van der Waals surface area contributed by atoms with Crippen LogP contribution < -0.4 is 5.32 Å². The lowest BCUT2D eigenvalue weighted by Crippen LogP contribution is -2.21. The molecule has 3 aromatic rings. The van der Waals surface area contributed by atoms with Crippen molar-refractivity contribution in [2.75, 3.05) is 5.32 Å². The summed E-state index contributed by atoms with van der Waals surface area (Å²) in [4.78, 5) is 12.4. The molecule has 6 nitrogen and oxygen atoms in total. The van der Waals surface area contributed by atoms with Gasteiger partial charge in [0.1, 0.15) is 6.54 Å². The van der Waals surface area contributed by atoms with E-state index in [4.69, 9.17) is 11.6 Å². The number of rotatable bonds is 5. The molecule has 0 aliphatic carbocycles. The number of hydrogen-bond donors (Lipinski definition) is 1. The van der Waals surface area contributed by atoms with Crippen LogP contribution in [0.2, 0.25) is 5.02 Å². The predicted molar refractivity (Wildman–Crippen MR) is 106 cm³/mol. The molecule has 0 fully saturated rings. The molecule has 0 saturated carbocycles. The van der Waals surface area contributed by atoms with Crippen LogP contribution in [-0.2, 0) is 17.9 Å². The van der Waals surface area contributed by atoms with Crippen LogP contribution in [0.3, 0.4) is 0 Å². The second kappa shape index (κ2) is 7.63. The monoisotopic (exact) mass is 435 g/mol. The number of anilines is 1. The summed E-state index contributed by atoms with van der Waals surface area (Å²) in [6.45, 7) is 6.47. The number of carbonyl (C=O) groups is 1. The van der Waals surface area contributed by atoms with Gasteiger partial charge in [0, 0.05) is 5.02 Å². The van der Waals surface area contributed by atoms with Gasteiger partial charge in [-0.25, -0.2) is 0 Å². The van der Waals surface area contributed by atoms with E-state index in [1.54, 1.807) is 10.9 Å². The number of amides is 1. The molecule has 1 N–H and O–H groups in total. The first kappa shape index (κ1) is 18.7. The first-order chi connectivity index (χ1) is 12.3. The highest BCUT2D eigenvalue weighted by atomic mass is 79.9. The van der Waals surface area contributed by atoms with Crippen molar-refractivity contribution < 1.29 is 4.79 Å². The molecule has 2 aromatic heterocycles. The quantitative estimate of drug-likeness (QED) is 0.654. The maximum Gasteiger partial charge on any atom is 0.246 e. The van der Waals surface area contributed by atoms with Gasteiger partial charge >= 0.3 is 0 Å². The number of carbonyl (C=O) groups excluding carboxylic acids is 1. The number of nitrogens with zero attached hydrogens (tertiary/aromatic N) is 4. The second-order valence-electron chi connectivity index (χ2n) is 6.12. The Bertz CT molecular complexity index is 963. The van der Waals surface area contributed by atoms with Crippen molar-refractivity contribution in [3.05, 3.63) is 62.6 Å². The van der Waals surface area contributed by atoms with Gasteiger partial charge in [-0.1, -0.05) is 23.7 Å².